The number of hydrogen-bond acceptors (Lipinski definition) is 7. The third kappa shape index (κ3) is 3.74. The van der Waals surface area contributed by atoms with Crippen LogP contribution in [0, 0.1) is 6.92 Å². The summed E-state index contributed by atoms with van der Waals surface area (Å²) in [4.78, 5) is 31.6. The van der Waals surface area contributed by atoms with Crippen LogP contribution in [0.4, 0.5) is 5.69 Å². The Kier molecular flexibility index (Phi) is 5.36. The van der Waals surface area contributed by atoms with Crippen molar-refractivity contribution in [3.8, 4) is 5.75 Å². The van der Waals surface area contributed by atoms with Gasteiger partial charge in [0.25, 0.3) is 11.8 Å². The number of fused-ring (bicyclic) bond motifs is 2. The third-order valence-corrected chi connectivity index (χ3v) is 7.33. The summed E-state index contributed by atoms with van der Waals surface area (Å²) in [6, 6.07) is 14.7. The van der Waals surface area contributed by atoms with Gasteiger partial charge in [0.2, 0.25) is 0 Å². The van der Waals surface area contributed by atoms with E-state index >= 15 is 0 Å². The maximum Gasteiger partial charge on any atom is 0.294 e. The molecule has 2 N–H and O–H groups in total. The highest BCUT2D eigenvalue weighted by Crippen LogP contribution is 2.37. The van der Waals surface area contributed by atoms with Crippen LogP contribution in [0.3, 0.4) is 0 Å². The standard InChI is InChI=1S/C23H19N3O4S2/c1-13-11-31-23(25-13)32-12-15-14-6-2-4-8-17(14)30-20(15)22(28)26-10-19(21(24)27)29-18-9-5-3-7-16(18)26/h2-9,11,19H,10,12H2,1H3,(H2,24,27)/t19-/m1/s1. The summed E-state index contributed by atoms with van der Waals surface area (Å²) < 4.78 is 12.7. The Morgan fingerprint density at radius 3 is 2.78 bits per heavy atom. The van der Waals surface area contributed by atoms with Crippen molar-refractivity contribution in [1.82, 2.24) is 4.98 Å². The van der Waals surface area contributed by atoms with Gasteiger partial charge >= 0.3 is 0 Å². The highest BCUT2D eigenvalue weighted by Gasteiger charge is 2.35. The molecule has 0 spiro atoms. The van der Waals surface area contributed by atoms with Gasteiger partial charge in [0.15, 0.2) is 11.9 Å². The molecule has 0 saturated carbocycles. The number of aromatic nitrogens is 1. The number of aryl methyl sites for hydroxylation is 1. The van der Waals surface area contributed by atoms with Gasteiger partial charge in [-0.25, -0.2) is 4.98 Å². The van der Waals surface area contributed by atoms with Crippen LogP contribution < -0.4 is 15.4 Å². The lowest BCUT2D eigenvalue weighted by Crippen LogP contribution is -2.49. The van der Waals surface area contributed by atoms with Gasteiger partial charge in [-0.15, -0.1) is 11.3 Å². The molecule has 9 heteroatoms. The fraction of sp³-hybridized carbons (Fsp3) is 0.174. The van der Waals surface area contributed by atoms with E-state index in [1.807, 2.05) is 42.6 Å². The predicted molar refractivity (Wildman–Crippen MR) is 124 cm³/mol. The minimum Gasteiger partial charge on any atom is -0.477 e. The molecule has 5 rings (SSSR count). The minimum atomic E-state index is -0.936. The van der Waals surface area contributed by atoms with E-state index in [2.05, 4.69) is 4.98 Å². The van der Waals surface area contributed by atoms with Crippen LogP contribution in [-0.2, 0) is 10.5 Å². The van der Waals surface area contributed by atoms with Gasteiger partial charge in [-0.05, 0) is 25.1 Å². The van der Waals surface area contributed by atoms with E-state index in [1.54, 1.807) is 41.3 Å². The second kappa shape index (κ2) is 8.33. The number of thiazole rings is 1. The van der Waals surface area contributed by atoms with Crippen LogP contribution >= 0.6 is 23.1 Å². The van der Waals surface area contributed by atoms with Crippen LogP contribution in [0.5, 0.6) is 5.75 Å². The van der Waals surface area contributed by atoms with Crippen LogP contribution in [0.1, 0.15) is 21.8 Å². The number of rotatable bonds is 5. The van der Waals surface area contributed by atoms with Crippen molar-refractivity contribution in [1.29, 1.82) is 0 Å². The number of primary amides is 1. The van der Waals surface area contributed by atoms with Gasteiger partial charge in [-0.1, -0.05) is 42.1 Å². The van der Waals surface area contributed by atoms with Crippen molar-refractivity contribution < 1.29 is 18.7 Å². The Hall–Kier alpha value is -3.30. The van der Waals surface area contributed by atoms with Crippen LogP contribution in [0.15, 0.2) is 62.7 Å². The number of nitrogens with zero attached hydrogens (tertiary/aromatic N) is 2. The molecule has 1 atom stereocenters. The van der Waals surface area contributed by atoms with E-state index in [1.165, 1.54) is 4.90 Å². The summed E-state index contributed by atoms with van der Waals surface area (Å²) in [6.45, 7) is 1.97. The zero-order valence-corrected chi connectivity index (χ0v) is 18.7. The topological polar surface area (TPSA) is 98.7 Å². The number of carbonyl (C=O) groups is 2. The average molecular weight is 466 g/mol. The summed E-state index contributed by atoms with van der Waals surface area (Å²) in [6.07, 6.45) is -0.936. The van der Waals surface area contributed by atoms with Gasteiger partial charge in [0.05, 0.1) is 12.2 Å². The first-order valence-corrected chi connectivity index (χ1v) is 11.8. The quantitative estimate of drug-likeness (QED) is 0.439. The molecule has 1 aliphatic rings. The number of benzene rings is 2. The number of nitrogens with two attached hydrogens (primary N) is 1. The molecule has 0 fully saturated rings. The molecule has 0 saturated heterocycles. The number of thioether (sulfide) groups is 1. The number of carbonyl (C=O) groups excluding carboxylic acids is 2. The zero-order chi connectivity index (χ0) is 22.2. The van der Waals surface area contributed by atoms with Gasteiger partial charge in [0, 0.05) is 27.8 Å². The first-order chi connectivity index (χ1) is 15.5. The van der Waals surface area contributed by atoms with Crippen molar-refractivity contribution in [3.05, 3.63) is 70.9 Å². The molecule has 2 aromatic heterocycles. The van der Waals surface area contributed by atoms with Crippen LogP contribution in [0.25, 0.3) is 11.0 Å². The molecule has 0 aliphatic carbocycles. The van der Waals surface area contributed by atoms with E-state index in [0.29, 0.717) is 22.8 Å². The van der Waals surface area contributed by atoms with Gasteiger partial charge < -0.3 is 14.9 Å². The van der Waals surface area contributed by atoms with E-state index in [0.717, 1.165) is 21.0 Å². The van der Waals surface area contributed by atoms with Gasteiger partial charge in [-0.3, -0.25) is 14.5 Å². The Balaban J connectivity index is 1.55. The van der Waals surface area contributed by atoms with Crippen molar-refractivity contribution in [2.24, 2.45) is 5.73 Å². The lowest BCUT2D eigenvalue weighted by molar-refractivity contribution is -0.124. The molecule has 0 radical (unpaired) electrons. The number of amides is 2. The molecule has 0 unspecified atom stereocenters. The second-order valence-electron chi connectivity index (χ2n) is 7.34. The van der Waals surface area contributed by atoms with Crippen molar-refractivity contribution >= 4 is 51.6 Å². The fourth-order valence-electron chi connectivity index (χ4n) is 3.64. The number of furan rings is 1. The molecule has 7 nitrogen and oxygen atoms in total. The van der Waals surface area contributed by atoms with Gasteiger partial charge in [0.1, 0.15) is 15.7 Å². The van der Waals surface area contributed by atoms with E-state index in [9.17, 15) is 9.59 Å². The lowest BCUT2D eigenvalue weighted by Gasteiger charge is -2.33. The van der Waals surface area contributed by atoms with Gasteiger partial charge in [-0.2, -0.15) is 0 Å². The van der Waals surface area contributed by atoms with E-state index in [4.69, 9.17) is 14.9 Å². The molecule has 3 heterocycles. The Labute approximate surface area is 192 Å². The Morgan fingerprint density at radius 1 is 1.22 bits per heavy atom. The summed E-state index contributed by atoms with van der Waals surface area (Å²) in [7, 11) is 0. The maximum atomic E-state index is 13.7. The smallest absolute Gasteiger partial charge is 0.294 e. The summed E-state index contributed by atoms with van der Waals surface area (Å²) in [5.74, 6) is 0.232. The molecule has 1 aliphatic heterocycles. The molecule has 4 aromatic rings. The molecular weight excluding hydrogens is 446 g/mol. The van der Waals surface area contributed by atoms with Crippen molar-refractivity contribution in [3.63, 3.8) is 0 Å². The maximum absolute atomic E-state index is 13.7. The summed E-state index contributed by atoms with van der Waals surface area (Å²) >= 11 is 3.13. The van der Waals surface area contributed by atoms with Crippen molar-refractivity contribution in [2.45, 2.75) is 23.1 Å². The minimum absolute atomic E-state index is 0.0144. The monoisotopic (exact) mass is 465 g/mol. The molecule has 162 valence electrons. The molecule has 2 amide bonds. The molecule has 32 heavy (non-hydrogen) atoms. The SMILES string of the molecule is Cc1csc(SCc2c(C(=O)N3C[C@H](C(N)=O)Oc4ccccc43)oc3ccccc23)n1. The predicted octanol–water partition coefficient (Wildman–Crippen LogP) is 4.38. The van der Waals surface area contributed by atoms with Crippen LogP contribution in [0.2, 0.25) is 0 Å². The molecular formula is C23H19N3O4S2. The summed E-state index contributed by atoms with van der Waals surface area (Å²) in [5, 5.41) is 2.88. The van der Waals surface area contributed by atoms with E-state index in [-0.39, 0.29) is 18.2 Å². The average Bonchev–Trinajstić information content (AvgIpc) is 3.39. The fourth-order valence-corrected chi connectivity index (χ4v) is 5.52. The normalized spacial score (nSPS) is 15.4. The molecule has 0 bridgehead atoms. The molecule has 2 aromatic carbocycles. The first kappa shape index (κ1) is 20.6. The zero-order valence-electron chi connectivity index (χ0n) is 17.1. The highest BCUT2D eigenvalue weighted by atomic mass is 32.2. The lowest BCUT2D eigenvalue weighted by atomic mass is 10.1. The number of anilines is 1. The van der Waals surface area contributed by atoms with Crippen LogP contribution in [-0.4, -0.2) is 29.4 Å². The Bertz CT molecular complexity index is 1330. The van der Waals surface area contributed by atoms with Crippen molar-refractivity contribution in [2.75, 3.05) is 11.4 Å². The summed E-state index contributed by atoms with van der Waals surface area (Å²) in [5.41, 5.74) is 8.46. The third-order valence-electron chi connectivity index (χ3n) is 5.17. The number of para-hydroxylation sites is 3. The number of ether oxygens (including phenoxy) is 1. The first-order valence-electron chi connectivity index (χ1n) is 9.93. The second-order valence-corrected chi connectivity index (χ2v) is 9.42. The van der Waals surface area contributed by atoms with E-state index < -0.39 is 12.0 Å². The highest BCUT2D eigenvalue weighted by molar-refractivity contribution is 8.00. The largest absolute Gasteiger partial charge is 0.477 e. The number of hydrogen-bond donors (Lipinski definition) is 1. The Morgan fingerprint density at radius 2 is 2.00 bits per heavy atom.